The molecule has 0 spiro atoms. The van der Waals surface area contributed by atoms with Gasteiger partial charge in [0.15, 0.2) is 0 Å². The highest BCUT2D eigenvalue weighted by molar-refractivity contribution is 6.30. The molecule has 0 aliphatic heterocycles. The van der Waals surface area contributed by atoms with E-state index in [0.717, 1.165) is 16.5 Å². The number of carbonyl (C=O) groups is 1. The Labute approximate surface area is 138 Å². The summed E-state index contributed by atoms with van der Waals surface area (Å²) in [7, 11) is 0. The number of aromatic amines is 1. The number of halogens is 2. The van der Waals surface area contributed by atoms with E-state index in [1.165, 1.54) is 12.1 Å². The lowest BCUT2D eigenvalue weighted by atomic mass is 10.1. The SMILES string of the molecule is O=C(OCCCc1c[nH]c2ccc(F)cc12)c1cccc(Cl)c1. The van der Waals surface area contributed by atoms with Crippen molar-refractivity contribution in [3.8, 4) is 0 Å². The van der Waals surface area contributed by atoms with E-state index in [0.29, 0.717) is 30.0 Å². The van der Waals surface area contributed by atoms with Crippen LogP contribution in [-0.2, 0) is 11.2 Å². The van der Waals surface area contributed by atoms with Crippen molar-refractivity contribution in [3.63, 3.8) is 0 Å². The van der Waals surface area contributed by atoms with Gasteiger partial charge in [-0.15, -0.1) is 0 Å². The van der Waals surface area contributed by atoms with Gasteiger partial charge in [-0.2, -0.15) is 0 Å². The molecule has 1 N–H and O–H groups in total. The molecular formula is C18H15ClFNO2. The molecule has 3 rings (SSSR count). The predicted molar refractivity (Wildman–Crippen MR) is 88.3 cm³/mol. The quantitative estimate of drug-likeness (QED) is 0.541. The summed E-state index contributed by atoms with van der Waals surface area (Å²) in [5.41, 5.74) is 2.35. The highest BCUT2D eigenvalue weighted by Crippen LogP contribution is 2.20. The van der Waals surface area contributed by atoms with Gasteiger partial charge >= 0.3 is 5.97 Å². The van der Waals surface area contributed by atoms with Crippen LogP contribution >= 0.6 is 11.6 Å². The zero-order valence-electron chi connectivity index (χ0n) is 12.3. The summed E-state index contributed by atoms with van der Waals surface area (Å²) < 4.78 is 18.5. The molecular weight excluding hydrogens is 317 g/mol. The molecule has 0 radical (unpaired) electrons. The minimum Gasteiger partial charge on any atom is -0.462 e. The smallest absolute Gasteiger partial charge is 0.338 e. The lowest BCUT2D eigenvalue weighted by molar-refractivity contribution is 0.0500. The van der Waals surface area contributed by atoms with Gasteiger partial charge in [0.2, 0.25) is 0 Å². The monoisotopic (exact) mass is 331 g/mol. The molecule has 3 nitrogen and oxygen atoms in total. The van der Waals surface area contributed by atoms with Gasteiger partial charge in [-0.05, 0) is 54.8 Å². The van der Waals surface area contributed by atoms with Gasteiger partial charge in [0.05, 0.1) is 12.2 Å². The minimum absolute atomic E-state index is 0.259. The Morgan fingerprint density at radius 1 is 1.22 bits per heavy atom. The number of hydrogen-bond acceptors (Lipinski definition) is 2. The van der Waals surface area contributed by atoms with Crippen molar-refractivity contribution in [2.24, 2.45) is 0 Å². The van der Waals surface area contributed by atoms with E-state index < -0.39 is 5.97 Å². The summed E-state index contributed by atoms with van der Waals surface area (Å²) in [6, 6.07) is 11.3. The number of nitrogens with one attached hydrogen (secondary N) is 1. The highest BCUT2D eigenvalue weighted by atomic mass is 35.5. The molecule has 0 bridgehead atoms. The fourth-order valence-corrected chi connectivity index (χ4v) is 2.67. The molecule has 1 aromatic heterocycles. The Hall–Kier alpha value is -2.33. The fraction of sp³-hybridized carbons (Fsp3) is 0.167. The van der Waals surface area contributed by atoms with Crippen molar-refractivity contribution in [3.05, 3.63) is 70.6 Å². The van der Waals surface area contributed by atoms with Crippen molar-refractivity contribution < 1.29 is 13.9 Å². The molecule has 0 amide bonds. The Morgan fingerprint density at radius 3 is 2.91 bits per heavy atom. The number of esters is 1. The highest BCUT2D eigenvalue weighted by Gasteiger charge is 2.08. The largest absolute Gasteiger partial charge is 0.462 e. The third kappa shape index (κ3) is 3.71. The van der Waals surface area contributed by atoms with Crippen LogP contribution in [0.3, 0.4) is 0 Å². The third-order valence-electron chi connectivity index (χ3n) is 3.61. The number of rotatable bonds is 5. The number of ether oxygens (including phenoxy) is 1. The van der Waals surface area contributed by atoms with E-state index in [1.54, 1.807) is 30.3 Å². The molecule has 0 aliphatic carbocycles. The maximum atomic E-state index is 13.3. The van der Waals surface area contributed by atoms with E-state index in [4.69, 9.17) is 16.3 Å². The number of hydrogen-bond donors (Lipinski definition) is 1. The van der Waals surface area contributed by atoms with Crippen LogP contribution in [-0.4, -0.2) is 17.6 Å². The van der Waals surface area contributed by atoms with Crippen LogP contribution < -0.4 is 0 Å². The number of fused-ring (bicyclic) bond motifs is 1. The first-order valence-corrected chi connectivity index (χ1v) is 7.69. The van der Waals surface area contributed by atoms with Crippen molar-refractivity contribution in [2.45, 2.75) is 12.8 Å². The first kappa shape index (κ1) is 15.6. The summed E-state index contributed by atoms with van der Waals surface area (Å²) in [5.74, 6) is -0.650. The maximum Gasteiger partial charge on any atom is 0.338 e. The van der Waals surface area contributed by atoms with Crippen molar-refractivity contribution in [1.29, 1.82) is 0 Å². The molecule has 23 heavy (non-hydrogen) atoms. The summed E-state index contributed by atoms with van der Waals surface area (Å²) in [5, 5.41) is 1.37. The van der Waals surface area contributed by atoms with Crippen molar-refractivity contribution in [2.75, 3.05) is 6.61 Å². The van der Waals surface area contributed by atoms with Gasteiger partial charge in [-0.25, -0.2) is 9.18 Å². The van der Waals surface area contributed by atoms with E-state index >= 15 is 0 Å². The van der Waals surface area contributed by atoms with Gasteiger partial charge in [-0.1, -0.05) is 17.7 Å². The van der Waals surface area contributed by atoms with Crippen LogP contribution in [0.15, 0.2) is 48.7 Å². The second kappa shape index (κ2) is 6.84. The molecule has 0 saturated heterocycles. The summed E-state index contributed by atoms with van der Waals surface area (Å²) in [6.45, 7) is 0.299. The molecule has 3 aromatic rings. The van der Waals surface area contributed by atoms with Gasteiger partial charge in [0.25, 0.3) is 0 Å². The van der Waals surface area contributed by atoms with Gasteiger partial charge in [0, 0.05) is 22.1 Å². The molecule has 0 atom stereocenters. The van der Waals surface area contributed by atoms with Crippen LogP contribution in [0.5, 0.6) is 0 Å². The molecule has 0 saturated carbocycles. The Morgan fingerprint density at radius 2 is 2.09 bits per heavy atom. The lowest BCUT2D eigenvalue weighted by Crippen LogP contribution is -2.07. The average Bonchev–Trinajstić information content (AvgIpc) is 2.93. The molecule has 0 unspecified atom stereocenters. The zero-order valence-corrected chi connectivity index (χ0v) is 13.1. The lowest BCUT2D eigenvalue weighted by Gasteiger charge is -2.05. The van der Waals surface area contributed by atoms with Crippen LogP contribution in [0.4, 0.5) is 4.39 Å². The summed E-state index contributed by atoms with van der Waals surface area (Å²) >= 11 is 5.84. The number of carbonyl (C=O) groups excluding carboxylic acids is 1. The van der Waals surface area contributed by atoms with Crippen LogP contribution in [0.2, 0.25) is 5.02 Å². The van der Waals surface area contributed by atoms with E-state index in [9.17, 15) is 9.18 Å². The normalized spacial score (nSPS) is 10.9. The van der Waals surface area contributed by atoms with Crippen molar-refractivity contribution in [1.82, 2.24) is 4.98 Å². The number of benzene rings is 2. The predicted octanol–water partition coefficient (Wildman–Crippen LogP) is 4.75. The third-order valence-corrected chi connectivity index (χ3v) is 3.85. The van der Waals surface area contributed by atoms with Crippen LogP contribution in [0, 0.1) is 5.82 Å². The molecule has 2 aromatic carbocycles. The van der Waals surface area contributed by atoms with Gasteiger partial charge in [0.1, 0.15) is 5.82 Å². The second-order valence-corrected chi connectivity index (χ2v) is 5.69. The van der Waals surface area contributed by atoms with E-state index in [1.807, 2.05) is 6.20 Å². The Balaban J connectivity index is 1.55. The Bertz CT molecular complexity index is 844. The van der Waals surface area contributed by atoms with Crippen molar-refractivity contribution >= 4 is 28.5 Å². The summed E-state index contributed by atoms with van der Waals surface area (Å²) in [6.07, 6.45) is 3.23. The van der Waals surface area contributed by atoms with Gasteiger partial charge in [-0.3, -0.25) is 0 Å². The van der Waals surface area contributed by atoms with Crippen LogP contribution in [0.1, 0.15) is 22.3 Å². The molecule has 1 heterocycles. The molecule has 0 aliphatic rings. The zero-order chi connectivity index (χ0) is 16.2. The maximum absolute atomic E-state index is 13.3. The molecule has 5 heteroatoms. The molecule has 0 fully saturated rings. The van der Waals surface area contributed by atoms with E-state index in [-0.39, 0.29) is 5.82 Å². The standard InChI is InChI=1S/C18H15ClFNO2/c19-14-5-1-3-12(9-14)18(22)23-8-2-4-13-11-21-17-7-6-15(20)10-16(13)17/h1,3,5-7,9-11,21H,2,4,8H2. The van der Waals surface area contributed by atoms with Gasteiger partial charge < -0.3 is 9.72 Å². The number of aryl methyl sites for hydroxylation is 1. The minimum atomic E-state index is -0.391. The Kier molecular flexibility index (Phi) is 4.63. The first-order chi connectivity index (χ1) is 11.1. The molecule has 118 valence electrons. The van der Waals surface area contributed by atoms with Crippen LogP contribution in [0.25, 0.3) is 10.9 Å². The average molecular weight is 332 g/mol. The topological polar surface area (TPSA) is 42.1 Å². The van der Waals surface area contributed by atoms with E-state index in [2.05, 4.69) is 4.98 Å². The number of H-pyrrole nitrogens is 1. The second-order valence-electron chi connectivity index (χ2n) is 5.25. The first-order valence-electron chi connectivity index (χ1n) is 7.32. The summed E-state index contributed by atoms with van der Waals surface area (Å²) in [4.78, 5) is 15.0. The fourth-order valence-electron chi connectivity index (χ4n) is 2.48. The number of aromatic nitrogens is 1.